The van der Waals surface area contributed by atoms with Gasteiger partial charge in [0.05, 0.1) is 40.8 Å². The molecule has 0 saturated carbocycles. The number of carbonyl (C=O) groups is 3. The van der Waals surface area contributed by atoms with E-state index < -0.39 is 24.1 Å². The first kappa shape index (κ1) is 38.5. The molecule has 0 amide bonds. The van der Waals surface area contributed by atoms with Crippen molar-refractivity contribution in [2.75, 3.05) is 41.0 Å². The second kappa shape index (κ2) is 25.3. The number of quaternary nitrogens is 1. The molecule has 1 N–H and O–H groups in total. The lowest BCUT2D eigenvalue weighted by Crippen LogP contribution is -2.50. The zero-order valence-corrected chi connectivity index (χ0v) is 26.5. The first-order valence-electron chi connectivity index (χ1n) is 15.5. The summed E-state index contributed by atoms with van der Waals surface area (Å²) in [5.41, 5.74) is 0. The highest BCUT2D eigenvalue weighted by atomic mass is 16.6. The van der Waals surface area contributed by atoms with Gasteiger partial charge < -0.3 is 23.8 Å². The predicted octanol–water partition coefficient (Wildman–Crippen LogP) is 6.79. The molecular formula is C33H58NO7+. The number of aliphatic carboxylic acids is 1. The Hall–Kier alpha value is -2.45. The van der Waals surface area contributed by atoms with Gasteiger partial charge in [-0.25, -0.2) is 4.79 Å². The summed E-state index contributed by atoms with van der Waals surface area (Å²) in [4.78, 5) is 36.3. The fraction of sp³-hybridized carbons (Fsp3) is 0.727. The second-order valence-corrected chi connectivity index (χ2v) is 11.4. The maximum absolute atomic E-state index is 12.4. The fourth-order valence-electron chi connectivity index (χ4n) is 4.15. The Balaban J connectivity index is 4.66. The lowest BCUT2D eigenvalue weighted by Gasteiger charge is -2.31. The van der Waals surface area contributed by atoms with Gasteiger partial charge in [-0.05, 0) is 25.7 Å². The van der Waals surface area contributed by atoms with E-state index in [1.807, 2.05) is 33.3 Å². The Kier molecular flexibility index (Phi) is 23.8. The van der Waals surface area contributed by atoms with Gasteiger partial charge in [-0.15, -0.1) is 0 Å². The number of carboxylic acids is 1. The summed E-state index contributed by atoms with van der Waals surface area (Å²) in [5, 5.41) is 9.51. The highest BCUT2D eigenvalue weighted by molar-refractivity contribution is 5.72. The zero-order chi connectivity index (χ0) is 30.8. The van der Waals surface area contributed by atoms with E-state index in [9.17, 15) is 19.5 Å². The lowest BCUT2D eigenvalue weighted by atomic mass is 10.1. The molecule has 0 aromatic heterocycles. The third kappa shape index (κ3) is 23.9. The number of hydrogen-bond acceptors (Lipinski definition) is 6. The van der Waals surface area contributed by atoms with Crippen LogP contribution in [0, 0.1) is 0 Å². The molecule has 0 radical (unpaired) electrons. The van der Waals surface area contributed by atoms with Crippen LogP contribution in [0.15, 0.2) is 36.5 Å². The van der Waals surface area contributed by atoms with E-state index in [1.165, 1.54) is 32.1 Å². The number of likely N-dealkylation sites (N-methyl/N-ethyl adjacent to an activating group) is 1. The number of nitrogens with zero attached hydrogens (tertiary/aromatic N) is 1. The molecule has 0 fully saturated rings. The number of carboxylic acid groups (broad SMARTS) is 1. The van der Waals surface area contributed by atoms with Crippen LogP contribution >= 0.6 is 0 Å². The Morgan fingerprint density at radius 2 is 1.34 bits per heavy atom. The van der Waals surface area contributed by atoms with Crippen molar-refractivity contribution in [2.24, 2.45) is 0 Å². The lowest BCUT2D eigenvalue weighted by molar-refractivity contribution is -0.887. The minimum Gasteiger partial charge on any atom is -0.477 e. The molecule has 0 aliphatic carbocycles. The number of hydrogen-bond donors (Lipinski definition) is 1. The van der Waals surface area contributed by atoms with Gasteiger partial charge in [0.15, 0.2) is 12.1 Å². The van der Waals surface area contributed by atoms with Crippen molar-refractivity contribution < 1.29 is 38.2 Å². The SMILES string of the molecule is CC/C=C/C/C=C/C/C=C/CC(=O)OC(COCCC(C(=O)O)[N+](C)(C)C)COC(=O)CCCCCCCCCC. The minimum absolute atomic E-state index is 0.0258. The number of rotatable bonds is 26. The van der Waals surface area contributed by atoms with E-state index in [0.29, 0.717) is 12.8 Å². The molecule has 0 spiro atoms. The molecule has 0 rings (SSSR count). The smallest absolute Gasteiger partial charge is 0.362 e. The molecule has 8 nitrogen and oxygen atoms in total. The van der Waals surface area contributed by atoms with Gasteiger partial charge in [-0.3, -0.25) is 9.59 Å². The van der Waals surface area contributed by atoms with E-state index in [-0.39, 0.29) is 36.7 Å². The molecule has 236 valence electrons. The first-order valence-corrected chi connectivity index (χ1v) is 15.5. The quantitative estimate of drug-likeness (QED) is 0.0521. The third-order valence-corrected chi connectivity index (χ3v) is 6.59. The number of allylic oxidation sites excluding steroid dienone is 5. The number of unbranched alkanes of at least 4 members (excludes halogenated alkanes) is 7. The van der Waals surface area contributed by atoms with Crippen molar-refractivity contribution in [1.29, 1.82) is 0 Å². The van der Waals surface area contributed by atoms with Crippen LogP contribution in [-0.2, 0) is 28.6 Å². The Labute approximate surface area is 249 Å². The molecule has 0 bridgehead atoms. The van der Waals surface area contributed by atoms with E-state index in [2.05, 4.69) is 32.1 Å². The molecule has 2 atom stereocenters. The summed E-state index contributed by atoms with van der Waals surface area (Å²) in [6, 6.07) is -0.623. The van der Waals surface area contributed by atoms with Crippen molar-refractivity contribution >= 4 is 17.9 Å². The highest BCUT2D eigenvalue weighted by Gasteiger charge is 2.31. The van der Waals surface area contributed by atoms with Crippen LogP contribution in [-0.4, -0.2) is 80.6 Å². The van der Waals surface area contributed by atoms with Crippen LogP contribution in [0.4, 0.5) is 0 Å². The molecule has 0 saturated heterocycles. The summed E-state index contributed by atoms with van der Waals surface area (Å²) in [6.07, 6.45) is 23.8. The van der Waals surface area contributed by atoms with E-state index in [1.54, 1.807) is 6.08 Å². The van der Waals surface area contributed by atoms with Crippen molar-refractivity contribution in [1.82, 2.24) is 0 Å². The summed E-state index contributed by atoms with van der Waals surface area (Å²) in [5.74, 6) is -1.63. The molecule has 0 aromatic carbocycles. The standard InChI is InChI=1S/C33H57NO7/c1-6-8-10-12-14-16-18-20-22-24-32(36)41-29(27-39-26-25-30(33(37)38)34(3,4)5)28-40-31(35)23-21-19-17-15-13-11-9-7-2/h8,10,14,16,20,22,29-30H,6-7,9,11-13,15,17-19,21,23-28H2,1-5H3/p+1/b10-8+,16-14+,22-20+. The Bertz CT molecular complexity index is 783. The molecule has 0 heterocycles. The third-order valence-electron chi connectivity index (χ3n) is 6.59. The minimum atomic E-state index is -0.891. The number of ether oxygens (including phenoxy) is 3. The largest absolute Gasteiger partial charge is 0.477 e. The maximum atomic E-state index is 12.4. The van der Waals surface area contributed by atoms with Crippen LogP contribution in [0.25, 0.3) is 0 Å². The summed E-state index contributed by atoms with van der Waals surface area (Å²) < 4.78 is 16.9. The van der Waals surface area contributed by atoms with Crippen molar-refractivity contribution in [2.45, 2.75) is 116 Å². The maximum Gasteiger partial charge on any atom is 0.362 e. The van der Waals surface area contributed by atoms with Gasteiger partial charge >= 0.3 is 17.9 Å². The van der Waals surface area contributed by atoms with Crippen LogP contribution in [0.2, 0.25) is 0 Å². The normalized spacial score (nSPS) is 13.7. The van der Waals surface area contributed by atoms with Gasteiger partial charge in [-0.1, -0.05) is 95.2 Å². The average Bonchev–Trinajstić information content (AvgIpc) is 2.91. The Morgan fingerprint density at radius 1 is 0.756 bits per heavy atom. The predicted molar refractivity (Wildman–Crippen MR) is 165 cm³/mol. The van der Waals surface area contributed by atoms with Crippen LogP contribution in [0.3, 0.4) is 0 Å². The molecule has 0 aliphatic heterocycles. The van der Waals surface area contributed by atoms with E-state index >= 15 is 0 Å². The van der Waals surface area contributed by atoms with Crippen LogP contribution < -0.4 is 0 Å². The van der Waals surface area contributed by atoms with Gasteiger partial charge in [0, 0.05) is 12.8 Å². The average molecular weight is 581 g/mol. The summed E-state index contributed by atoms with van der Waals surface area (Å²) >= 11 is 0. The highest BCUT2D eigenvalue weighted by Crippen LogP contribution is 2.11. The molecule has 2 unspecified atom stereocenters. The second-order valence-electron chi connectivity index (χ2n) is 11.4. The number of carbonyl (C=O) groups excluding carboxylic acids is 2. The fourth-order valence-corrected chi connectivity index (χ4v) is 4.15. The van der Waals surface area contributed by atoms with Gasteiger partial charge in [0.25, 0.3) is 0 Å². The molecular weight excluding hydrogens is 522 g/mol. The number of esters is 2. The van der Waals surface area contributed by atoms with Gasteiger partial charge in [0.2, 0.25) is 0 Å². The molecule has 41 heavy (non-hydrogen) atoms. The van der Waals surface area contributed by atoms with Crippen LogP contribution in [0.5, 0.6) is 0 Å². The summed E-state index contributed by atoms with van der Waals surface area (Å²) in [7, 11) is 5.46. The Morgan fingerprint density at radius 3 is 1.93 bits per heavy atom. The first-order chi connectivity index (χ1) is 19.6. The van der Waals surface area contributed by atoms with Crippen molar-refractivity contribution in [3.8, 4) is 0 Å². The van der Waals surface area contributed by atoms with Crippen molar-refractivity contribution in [3.63, 3.8) is 0 Å². The monoisotopic (exact) mass is 580 g/mol. The molecule has 0 aromatic rings. The van der Waals surface area contributed by atoms with Crippen molar-refractivity contribution in [3.05, 3.63) is 36.5 Å². The van der Waals surface area contributed by atoms with E-state index in [4.69, 9.17) is 14.2 Å². The topological polar surface area (TPSA) is 99.1 Å². The van der Waals surface area contributed by atoms with Gasteiger partial charge in [-0.2, -0.15) is 0 Å². The molecule has 0 aliphatic rings. The molecule has 8 heteroatoms. The van der Waals surface area contributed by atoms with Gasteiger partial charge in [0.1, 0.15) is 6.61 Å². The van der Waals surface area contributed by atoms with Crippen LogP contribution in [0.1, 0.15) is 104 Å². The summed E-state index contributed by atoms with van der Waals surface area (Å²) in [6.45, 7) is 4.43. The zero-order valence-electron chi connectivity index (χ0n) is 26.5. The van der Waals surface area contributed by atoms with E-state index in [0.717, 1.165) is 38.5 Å².